The largest absolute Gasteiger partial charge is 0.397 e. The highest BCUT2D eigenvalue weighted by atomic mass is 19.1. The van der Waals surface area contributed by atoms with Gasteiger partial charge in [0.15, 0.2) is 11.6 Å². The van der Waals surface area contributed by atoms with E-state index in [2.05, 4.69) is 15.5 Å². The molecule has 0 unspecified atom stereocenters. The number of benzene rings is 1. The lowest BCUT2D eigenvalue weighted by atomic mass is 10.2. The highest BCUT2D eigenvalue weighted by Crippen LogP contribution is 2.24. The van der Waals surface area contributed by atoms with Crippen molar-refractivity contribution in [3.8, 4) is 5.69 Å². The minimum absolute atomic E-state index is 0.00569. The van der Waals surface area contributed by atoms with E-state index in [0.717, 1.165) is 12.1 Å². The first-order chi connectivity index (χ1) is 8.00. The summed E-state index contributed by atoms with van der Waals surface area (Å²) >= 11 is 0. The van der Waals surface area contributed by atoms with Crippen LogP contribution in [0.5, 0.6) is 0 Å². The van der Waals surface area contributed by atoms with Crippen LogP contribution in [0.1, 0.15) is 25.6 Å². The van der Waals surface area contributed by atoms with Crippen LogP contribution < -0.4 is 5.73 Å². The third kappa shape index (κ3) is 1.95. The maximum Gasteiger partial charge on any atom is 0.159 e. The van der Waals surface area contributed by atoms with Gasteiger partial charge in [0, 0.05) is 12.0 Å². The van der Waals surface area contributed by atoms with E-state index in [1.807, 2.05) is 13.8 Å². The van der Waals surface area contributed by atoms with Gasteiger partial charge >= 0.3 is 0 Å². The molecule has 0 bridgehead atoms. The molecule has 0 saturated carbocycles. The van der Waals surface area contributed by atoms with Crippen molar-refractivity contribution in [1.29, 1.82) is 0 Å². The van der Waals surface area contributed by atoms with Gasteiger partial charge in [-0.1, -0.05) is 13.8 Å². The number of hydrogen-bond donors (Lipinski definition) is 1. The molecule has 90 valence electrons. The average Bonchev–Trinajstić information content (AvgIpc) is 2.64. The summed E-state index contributed by atoms with van der Waals surface area (Å²) in [6.45, 7) is 3.72. The predicted molar refractivity (Wildman–Crippen MR) is 57.6 cm³/mol. The van der Waals surface area contributed by atoms with Crippen LogP contribution in [-0.2, 0) is 0 Å². The molecule has 0 aliphatic rings. The van der Waals surface area contributed by atoms with Gasteiger partial charge < -0.3 is 5.73 Å². The van der Waals surface area contributed by atoms with Crippen molar-refractivity contribution in [2.24, 2.45) is 0 Å². The summed E-state index contributed by atoms with van der Waals surface area (Å²) in [6.07, 6.45) is 0. The molecule has 2 N–H and O–H groups in total. The van der Waals surface area contributed by atoms with Crippen molar-refractivity contribution in [3.05, 3.63) is 29.6 Å². The molecule has 7 heteroatoms. The Morgan fingerprint density at radius 3 is 2.59 bits per heavy atom. The number of rotatable bonds is 2. The molecule has 2 aromatic rings. The van der Waals surface area contributed by atoms with E-state index in [1.54, 1.807) is 0 Å². The van der Waals surface area contributed by atoms with Gasteiger partial charge in [0.2, 0.25) is 0 Å². The van der Waals surface area contributed by atoms with E-state index >= 15 is 0 Å². The van der Waals surface area contributed by atoms with E-state index in [4.69, 9.17) is 5.73 Å². The number of nitrogen functional groups attached to an aromatic ring is 1. The summed E-state index contributed by atoms with van der Waals surface area (Å²) in [4.78, 5) is 0. The summed E-state index contributed by atoms with van der Waals surface area (Å²) < 4.78 is 27.8. The Morgan fingerprint density at radius 1 is 1.29 bits per heavy atom. The van der Waals surface area contributed by atoms with E-state index in [1.165, 1.54) is 4.68 Å². The molecule has 0 aliphatic heterocycles. The van der Waals surface area contributed by atoms with E-state index in [9.17, 15) is 8.78 Å². The normalized spacial score (nSPS) is 11.1. The summed E-state index contributed by atoms with van der Waals surface area (Å²) in [7, 11) is 0. The van der Waals surface area contributed by atoms with Crippen molar-refractivity contribution < 1.29 is 8.78 Å². The lowest BCUT2D eigenvalue weighted by Crippen LogP contribution is -2.10. The first-order valence-corrected chi connectivity index (χ1v) is 5.04. The molecule has 1 heterocycles. The smallest absolute Gasteiger partial charge is 0.159 e. The van der Waals surface area contributed by atoms with Crippen LogP contribution in [0.4, 0.5) is 14.5 Å². The minimum Gasteiger partial charge on any atom is -0.397 e. The van der Waals surface area contributed by atoms with Crippen LogP contribution in [-0.4, -0.2) is 20.2 Å². The third-order valence-corrected chi connectivity index (χ3v) is 2.28. The molecule has 17 heavy (non-hydrogen) atoms. The Kier molecular flexibility index (Phi) is 2.74. The second kappa shape index (κ2) is 4.08. The fraction of sp³-hybridized carbons (Fsp3) is 0.300. The molecule has 0 fully saturated rings. The van der Waals surface area contributed by atoms with Gasteiger partial charge in [-0.3, -0.25) is 0 Å². The van der Waals surface area contributed by atoms with Crippen LogP contribution in [0, 0.1) is 11.6 Å². The van der Waals surface area contributed by atoms with Crippen LogP contribution in [0.25, 0.3) is 5.69 Å². The van der Waals surface area contributed by atoms with Gasteiger partial charge in [-0.2, -0.15) is 4.68 Å². The van der Waals surface area contributed by atoms with Crippen LogP contribution >= 0.6 is 0 Å². The predicted octanol–water partition coefficient (Wildman–Crippen LogP) is 1.65. The van der Waals surface area contributed by atoms with Crippen LogP contribution in [0.3, 0.4) is 0 Å². The second-order valence-electron chi connectivity index (χ2n) is 3.93. The first kappa shape index (κ1) is 11.4. The first-order valence-electron chi connectivity index (χ1n) is 5.04. The number of nitrogens with zero attached hydrogens (tertiary/aromatic N) is 4. The second-order valence-corrected chi connectivity index (χ2v) is 3.93. The quantitative estimate of drug-likeness (QED) is 0.809. The number of halogens is 2. The Hall–Kier alpha value is -2.05. The molecule has 1 aromatic heterocycles. The molecular formula is C10H11F2N5. The molecule has 0 atom stereocenters. The van der Waals surface area contributed by atoms with Crippen molar-refractivity contribution in [1.82, 2.24) is 20.2 Å². The molecule has 0 saturated heterocycles. The highest BCUT2D eigenvalue weighted by Gasteiger charge is 2.18. The third-order valence-electron chi connectivity index (χ3n) is 2.28. The van der Waals surface area contributed by atoms with Gasteiger partial charge in [-0.25, -0.2) is 8.78 Å². The Labute approximate surface area is 96.2 Å². The van der Waals surface area contributed by atoms with Gasteiger partial charge in [0.25, 0.3) is 0 Å². The van der Waals surface area contributed by atoms with Crippen molar-refractivity contribution in [2.75, 3.05) is 5.73 Å². The monoisotopic (exact) mass is 239 g/mol. The Balaban J connectivity index is 2.64. The van der Waals surface area contributed by atoms with Gasteiger partial charge in [-0.05, 0) is 16.5 Å². The number of anilines is 1. The zero-order valence-electron chi connectivity index (χ0n) is 9.35. The zero-order chi connectivity index (χ0) is 12.6. The van der Waals surface area contributed by atoms with E-state index in [0.29, 0.717) is 5.82 Å². The SMILES string of the molecule is CC(C)c1nnnn1-c1c(N)cc(F)cc1F. The molecule has 0 spiro atoms. The minimum atomic E-state index is -0.795. The fourth-order valence-corrected chi connectivity index (χ4v) is 1.52. The van der Waals surface area contributed by atoms with Crippen molar-refractivity contribution in [3.63, 3.8) is 0 Å². The van der Waals surface area contributed by atoms with Gasteiger partial charge in [0.1, 0.15) is 11.5 Å². The maximum absolute atomic E-state index is 13.7. The van der Waals surface area contributed by atoms with Crippen molar-refractivity contribution >= 4 is 5.69 Å². The average molecular weight is 239 g/mol. The van der Waals surface area contributed by atoms with E-state index in [-0.39, 0.29) is 17.3 Å². The Morgan fingerprint density at radius 2 is 2.00 bits per heavy atom. The molecule has 1 aromatic carbocycles. The topological polar surface area (TPSA) is 69.6 Å². The molecule has 0 aliphatic carbocycles. The number of hydrogen-bond acceptors (Lipinski definition) is 4. The van der Waals surface area contributed by atoms with Crippen LogP contribution in [0.15, 0.2) is 12.1 Å². The molecule has 5 nitrogen and oxygen atoms in total. The molecule has 0 radical (unpaired) electrons. The van der Waals surface area contributed by atoms with Crippen molar-refractivity contribution in [2.45, 2.75) is 19.8 Å². The molecule has 0 amide bonds. The van der Waals surface area contributed by atoms with Crippen LogP contribution in [0.2, 0.25) is 0 Å². The lowest BCUT2D eigenvalue weighted by Gasteiger charge is -2.10. The number of nitrogens with two attached hydrogens (primary N) is 1. The summed E-state index contributed by atoms with van der Waals surface area (Å²) in [5, 5.41) is 10.9. The lowest BCUT2D eigenvalue weighted by molar-refractivity contribution is 0.568. The Bertz CT molecular complexity index is 526. The standard InChI is InChI=1S/C10H11F2N5/c1-5(2)10-14-15-16-17(10)9-7(12)3-6(11)4-8(9)13/h3-5H,13H2,1-2H3. The fourth-order valence-electron chi connectivity index (χ4n) is 1.52. The van der Waals surface area contributed by atoms with Gasteiger partial charge in [-0.15, -0.1) is 5.10 Å². The summed E-state index contributed by atoms with van der Waals surface area (Å²) in [6, 6.07) is 1.78. The number of aromatic nitrogens is 4. The molecule has 2 rings (SSSR count). The number of tetrazole rings is 1. The highest BCUT2D eigenvalue weighted by molar-refractivity contribution is 5.58. The van der Waals surface area contributed by atoms with Gasteiger partial charge in [0.05, 0.1) is 5.69 Å². The van der Waals surface area contributed by atoms with E-state index < -0.39 is 11.6 Å². The molecular weight excluding hydrogens is 228 g/mol. The summed E-state index contributed by atoms with van der Waals surface area (Å²) in [5.74, 6) is -1.07. The summed E-state index contributed by atoms with van der Waals surface area (Å²) in [5.41, 5.74) is 5.51. The zero-order valence-corrected chi connectivity index (χ0v) is 9.35. The maximum atomic E-state index is 13.7.